The second kappa shape index (κ2) is 7.77. The van der Waals surface area contributed by atoms with E-state index in [-0.39, 0.29) is 0 Å². The van der Waals surface area contributed by atoms with E-state index in [0.29, 0.717) is 0 Å². The van der Waals surface area contributed by atoms with Crippen LogP contribution in [0.1, 0.15) is 58.8 Å². The van der Waals surface area contributed by atoms with Crippen molar-refractivity contribution in [1.82, 2.24) is 5.32 Å². The molecule has 15 heavy (non-hydrogen) atoms. The minimum absolute atomic E-state index is 0.729. The van der Waals surface area contributed by atoms with Gasteiger partial charge in [-0.15, -0.1) is 5.92 Å². The number of rotatable bonds is 4. The highest BCUT2D eigenvalue weighted by Gasteiger charge is 2.17. The van der Waals surface area contributed by atoms with Crippen molar-refractivity contribution in [3.63, 3.8) is 0 Å². The lowest BCUT2D eigenvalue weighted by molar-refractivity contribution is 0.414. The van der Waals surface area contributed by atoms with Gasteiger partial charge in [0.2, 0.25) is 0 Å². The van der Waals surface area contributed by atoms with E-state index in [1.807, 2.05) is 6.92 Å². The topological polar surface area (TPSA) is 12.0 Å². The minimum atomic E-state index is 0.729. The largest absolute Gasteiger partial charge is 0.303 e. The monoisotopic (exact) mass is 207 g/mol. The highest BCUT2D eigenvalue weighted by Crippen LogP contribution is 2.26. The Labute approximate surface area is 95.0 Å². The lowest BCUT2D eigenvalue weighted by Gasteiger charge is -2.15. The van der Waals surface area contributed by atoms with Crippen LogP contribution in [0.4, 0.5) is 0 Å². The molecule has 1 heteroatoms. The molecule has 2 atom stereocenters. The Hall–Kier alpha value is -0.480. The highest BCUT2D eigenvalue weighted by atomic mass is 14.9. The van der Waals surface area contributed by atoms with E-state index in [1.165, 1.54) is 44.9 Å². The van der Waals surface area contributed by atoms with Crippen molar-refractivity contribution in [3.05, 3.63) is 0 Å². The van der Waals surface area contributed by atoms with Gasteiger partial charge in [0.1, 0.15) is 0 Å². The molecule has 1 rings (SSSR count). The number of nitrogens with one attached hydrogen (secondary N) is 1. The molecule has 1 fully saturated rings. The van der Waals surface area contributed by atoms with E-state index in [1.54, 1.807) is 0 Å². The predicted octanol–water partition coefficient (Wildman–Crippen LogP) is 3.35. The van der Waals surface area contributed by atoms with Crippen molar-refractivity contribution in [1.29, 1.82) is 0 Å². The molecule has 0 aromatic heterocycles. The molecule has 1 saturated carbocycles. The summed E-state index contributed by atoms with van der Waals surface area (Å²) < 4.78 is 0. The van der Waals surface area contributed by atoms with Gasteiger partial charge in [-0.1, -0.05) is 38.5 Å². The molecule has 0 spiro atoms. The van der Waals surface area contributed by atoms with E-state index in [0.717, 1.165) is 18.5 Å². The molecule has 1 aliphatic rings. The molecule has 0 amide bonds. The van der Waals surface area contributed by atoms with Gasteiger partial charge in [0, 0.05) is 6.04 Å². The van der Waals surface area contributed by atoms with Gasteiger partial charge in [-0.25, -0.2) is 0 Å². The standard InChI is InChI=1S/C14H25N/c1-3-5-12-15-14-9-6-8-13(7-4-2)10-11-14/h13-15H,4,6-12H2,1-2H3. The molecule has 86 valence electrons. The third kappa shape index (κ3) is 5.23. The van der Waals surface area contributed by atoms with E-state index in [2.05, 4.69) is 24.1 Å². The molecule has 1 aliphatic carbocycles. The molecule has 1 N–H and O–H groups in total. The zero-order chi connectivity index (χ0) is 10.9. The van der Waals surface area contributed by atoms with Gasteiger partial charge < -0.3 is 5.32 Å². The third-order valence-electron chi connectivity index (χ3n) is 3.44. The normalized spacial score (nSPS) is 26.5. The quantitative estimate of drug-likeness (QED) is 0.550. The predicted molar refractivity (Wildman–Crippen MR) is 66.7 cm³/mol. The van der Waals surface area contributed by atoms with Crippen LogP contribution in [0.25, 0.3) is 0 Å². The molecule has 0 bridgehead atoms. The molecule has 0 saturated heterocycles. The van der Waals surface area contributed by atoms with Crippen molar-refractivity contribution in [2.24, 2.45) is 5.92 Å². The van der Waals surface area contributed by atoms with Gasteiger partial charge in [0.05, 0.1) is 6.54 Å². The van der Waals surface area contributed by atoms with E-state index in [9.17, 15) is 0 Å². The van der Waals surface area contributed by atoms with Crippen molar-refractivity contribution in [2.45, 2.75) is 64.8 Å². The van der Waals surface area contributed by atoms with Crippen LogP contribution >= 0.6 is 0 Å². The summed E-state index contributed by atoms with van der Waals surface area (Å²) in [5.74, 6) is 7.03. The number of hydrogen-bond donors (Lipinski definition) is 1. The Balaban J connectivity index is 2.22. The van der Waals surface area contributed by atoms with Gasteiger partial charge in [-0.2, -0.15) is 0 Å². The smallest absolute Gasteiger partial charge is 0.0578 e. The summed E-state index contributed by atoms with van der Waals surface area (Å²) in [4.78, 5) is 0. The summed E-state index contributed by atoms with van der Waals surface area (Å²) in [5, 5.41) is 3.55. The average molecular weight is 207 g/mol. The van der Waals surface area contributed by atoms with Crippen LogP contribution in [0.2, 0.25) is 0 Å². The lowest BCUT2D eigenvalue weighted by Crippen LogP contribution is -2.28. The molecule has 1 nitrogen and oxygen atoms in total. The van der Waals surface area contributed by atoms with Gasteiger partial charge in [-0.3, -0.25) is 0 Å². The summed E-state index contributed by atoms with van der Waals surface area (Å²) in [6.07, 6.45) is 9.77. The maximum absolute atomic E-state index is 3.55. The minimum Gasteiger partial charge on any atom is -0.303 e. The van der Waals surface area contributed by atoms with Crippen LogP contribution in [0, 0.1) is 17.8 Å². The fraction of sp³-hybridized carbons (Fsp3) is 0.857. The molecule has 2 unspecified atom stereocenters. The Morgan fingerprint density at radius 2 is 2.07 bits per heavy atom. The van der Waals surface area contributed by atoms with Gasteiger partial charge in [-0.05, 0) is 32.1 Å². The van der Waals surface area contributed by atoms with Gasteiger partial charge in [0.15, 0.2) is 0 Å². The zero-order valence-electron chi connectivity index (χ0n) is 10.3. The summed E-state index contributed by atoms with van der Waals surface area (Å²) in [6.45, 7) is 5.09. The average Bonchev–Trinajstić information content (AvgIpc) is 2.45. The Morgan fingerprint density at radius 3 is 2.80 bits per heavy atom. The second-order valence-corrected chi connectivity index (χ2v) is 4.67. The van der Waals surface area contributed by atoms with Crippen LogP contribution in [-0.2, 0) is 0 Å². The SMILES string of the molecule is CC#CCNC1CCCC(CCC)CC1. The van der Waals surface area contributed by atoms with E-state index < -0.39 is 0 Å². The summed E-state index contributed by atoms with van der Waals surface area (Å²) in [5.41, 5.74) is 0. The van der Waals surface area contributed by atoms with E-state index >= 15 is 0 Å². The Morgan fingerprint density at radius 1 is 1.20 bits per heavy atom. The first-order chi connectivity index (χ1) is 7.36. The van der Waals surface area contributed by atoms with Crippen LogP contribution in [0.15, 0.2) is 0 Å². The fourth-order valence-electron chi connectivity index (χ4n) is 2.56. The van der Waals surface area contributed by atoms with Crippen LogP contribution < -0.4 is 5.32 Å². The third-order valence-corrected chi connectivity index (χ3v) is 3.44. The highest BCUT2D eigenvalue weighted by molar-refractivity contribution is 4.97. The number of hydrogen-bond acceptors (Lipinski definition) is 1. The molecule has 0 radical (unpaired) electrons. The maximum atomic E-state index is 3.55. The molecule has 0 heterocycles. The molecular formula is C14H25N. The maximum Gasteiger partial charge on any atom is 0.0578 e. The van der Waals surface area contributed by atoms with Crippen LogP contribution in [0.5, 0.6) is 0 Å². The molecule has 0 aromatic carbocycles. The molecule has 0 aromatic rings. The summed E-state index contributed by atoms with van der Waals surface area (Å²) in [7, 11) is 0. The Bertz CT molecular complexity index is 211. The first-order valence-corrected chi connectivity index (χ1v) is 6.49. The fourth-order valence-corrected chi connectivity index (χ4v) is 2.56. The van der Waals surface area contributed by atoms with Gasteiger partial charge in [0.25, 0.3) is 0 Å². The Kier molecular flexibility index (Phi) is 6.52. The van der Waals surface area contributed by atoms with E-state index in [4.69, 9.17) is 0 Å². The van der Waals surface area contributed by atoms with Crippen LogP contribution in [0.3, 0.4) is 0 Å². The summed E-state index contributed by atoms with van der Waals surface area (Å²) in [6, 6.07) is 0.729. The zero-order valence-corrected chi connectivity index (χ0v) is 10.3. The van der Waals surface area contributed by atoms with Crippen LogP contribution in [-0.4, -0.2) is 12.6 Å². The van der Waals surface area contributed by atoms with Crippen molar-refractivity contribution in [3.8, 4) is 11.8 Å². The van der Waals surface area contributed by atoms with Gasteiger partial charge >= 0.3 is 0 Å². The molecular weight excluding hydrogens is 182 g/mol. The first-order valence-electron chi connectivity index (χ1n) is 6.49. The molecule has 0 aliphatic heterocycles. The lowest BCUT2D eigenvalue weighted by atomic mass is 9.95. The van der Waals surface area contributed by atoms with Crippen molar-refractivity contribution in [2.75, 3.05) is 6.54 Å². The second-order valence-electron chi connectivity index (χ2n) is 4.67. The van der Waals surface area contributed by atoms with Crippen molar-refractivity contribution < 1.29 is 0 Å². The summed E-state index contributed by atoms with van der Waals surface area (Å²) >= 11 is 0. The van der Waals surface area contributed by atoms with Crippen molar-refractivity contribution >= 4 is 0 Å². The first kappa shape index (κ1) is 12.6.